The van der Waals surface area contributed by atoms with Crippen molar-refractivity contribution in [3.63, 3.8) is 0 Å². The number of halogens is 2. The molecule has 2 aromatic rings. The van der Waals surface area contributed by atoms with Crippen molar-refractivity contribution >= 4 is 40.5 Å². The topological polar surface area (TPSA) is 117 Å². The maximum absolute atomic E-state index is 12.1. The molecule has 2 aromatic carbocycles. The predicted molar refractivity (Wildman–Crippen MR) is 105 cm³/mol. The molecule has 0 unspecified atom stereocenters. The van der Waals surface area contributed by atoms with Crippen molar-refractivity contribution in [1.29, 1.82) is 0 Å². The third kappa shape index (κ3) is 6.37. The number of carbonyl (C=O) groups excluding carboxylic acids is 1. The van der Waals surface area contributed by atoms with Gasteiger partial charge in [-0.05, 0) is 24.3 Å². The third-order valence-electron chi connectivity index (χ3n) is 3.57. The number of anilines is 1. The summed E-state index contributed by atoms with van der Waals surface area (Å²) in [6.07, 6.45) is 0. The average Bonchev–Trinajstić information content (AvgIpc) is 2.67. The molecule has 0 atom stereocenters. The number of piperazine rings is 1. The molecule has 0 aromatic heterocycles. The van der Waals surface area contributed by atoms with Crippen molar-refractivity contribution in [3.8, 4) is 5.75 Å². The van der Waals surface area contributed by atoms with E-state index in [-0.39, 0.29) is 32.7 Å². The average molecular weight is 413 g/mol. The van der Waals surface area contributed by atoms with Gasteiger partial charge in [-0.15, -0.1) is 0 Å². The Morgan fingerprint density at radius 1 is 1.07 bits per heavy atom. The quantitative estimate of drug-likeness (QED) is 0.454. The van der Waals surface area contributed by atoms with Gasteiger partial charge in [0.15, 0.2) is 0 Å². The number of hydrogen-bond donors (Lipinski definition) is 4. The Morgan fingerprint density at radius 3 is 2.26 bits per heavy atom. The number of carbonyl (C=O) groups is 1. The highest BCUT2D eigenvalue weighted by atomic mass is 35.5. The first-order valence-corrected chi connectivity index (χ1v) is 8.79. The van der Waals surface area contributed by atoms with Crippen molar-refractivity contribution in [3.05, 3.63) is 62.1 Å². The molecule has 0 spiro atoms. The van der Waals surface area contributed by atoms with Gasteiger partial charge in [0.1, 0.15) is 5.75 Å². The van der Waals surface area contributed by atoms with E-state index in [9.17, 15) is 20.0 Å². The molecule has 144 valence electrons. The molecule has 1 aliphatic rings. The van der Waals surface area contributed by atoms with Crippen LogP contribution in [0.25, 0.3) is 0 Å². The molecule has 0 radical (unpaired) electrons. The fraction of sp³-hybridized carbons (Fsp3) is 0.235. The van der Waals surface area contributed by atoms with E-state index in [1.165, 1.54) is 30.3 Å². The normalized spacial score (nSPS) is 13.3. The molecule has 1 aliphatic heterocycles. The van der Waals surface area contributed by atoms with E-state index < -0.39 is 10.8 Å². The Hall–Kier alpha value is -2.39. The lowest BCUT2D eigenvalue weighted by Crippen LogP contribution is -2.39. The molecule has 3 rings (SSSR count). The number of nitrogens with zero attached hydrogens (tertiary/aromatic N) is 1. The molecule has 1 heterocycles. The van der Waals surface area contributed by atoms with Crippen molar-refractivity contribution < 1.29 is 14.8 Å². The van der Waals surface area contributed by atoms with E-state index in [0.717, 1.165) is 32.2 Å². The second-order valence-electron chi connectivity index (χ2n) is 5.54. The van der Waals surface area contributed by atoms with Crippen LogP contribution >= 0.6 is 23.2 Å². The van der Waals surface area contributed by atoms with Crippen LogP contribution in [0.3, 0.4) is 0 Å². The van der Waals surface area contributed by atoms with E-state index in [1.807, 2.05) is 0 Å². The molecule has 4 N–H and O–H groups in total. The van der Waals surface area contributed by atoms with Gasteiger partial charge in [-0.25, -0.2) is 0 Å². The third-order valence-corrected chi connectivity index (χ3v) is 4.13. The summed E-state index contributed by atoms with van der Waals surface area (Å²) >= 11 is 11.6. The fourth-order valence-electron chi connectivity index (χ4n) is 2.21. The van der Waals surface area contributed by atoms with Crippen LogP contribution in [0.1, 0.15) is 10.4 Å². The van der Waals surface area contributed by atoms with Crippen molar-refractivity contribution in [1.82, 2.24) is 10.6 Å². The minimum Gasteiger partial charge on any atom is -0.507 e. The van der Waals surface area contributed by atoms with E-state index in [2.05, 4.69) is 16.0 Å². The second kappa shape index (κ2) is 10.1. The first-order valence-electron chi connectivity index (χ1n) is 8.03. The predicted octanol–water partition coefficient (Wildman–Crippen LogP) is 3.04. The Kier molecular flexibility index (Phi) is 7.81. The SMILES string of the molecule is C1CNCCN1.O=C(Nc1cc([N+](=O)[O-])ccc1Cl)c1cc(Cl)ccc1O. The number of phenols is 1. The molecule has 1 amide bonds. The van der Waals surface area contributed by atoms with E-state index in [1.54, 1.807) is 0 Å². The zero-order valence-electron chi connectivity index (χ0n) is 14.2. The van der Waals surface area contributed by atoms with Gasteiger partial charge in [-0.1, -0.05) is 23.2 Å². The summed E-state index contributed by atoms with van der Waals surface area (Å²) in [5, 5.41) is 29.6. The Balaban J connectivity index is 0.000000369. The number of benzene rings is 2. The fourth-order valence-corrected chi connectivity index (χ4v) is 2.54. The summed E-state index contributed by atoms with van der Waals surface area (Å²) in [7, 11) is 0. The number of aromatic hydroxyl groups is 1. The molecule has 0 saturated carbocycles. The number of amides is 1. The van der Waals surface area contributed by atoms with E-state index in [4.69, 9.17) is 23.2 Å². The number of nitro benzene ring substituents is 1. The van der Waals surface area contributed by atoms with Crippen LogP contribution in [0.15, 0.2) is 36.4 Å². The summed E-state index contributed by atoms with van der Waals surface area (Å²) in [6.45, 7) is 4.56. The molecule has 8 nitrogen and oxygen atoms in total. The van der Waals surface area contributed by atoms with Crippen LogP contribution in [0.5, 0.6) is 5.75 Å². The highest BCUT2D eigenvalue weighted by Crippen LogP contribution is 2.28. The highest BCUT2D eigenvalue weighted by Gasteiger charge is 2.16. The van der Waals surface area contributed by atoms with E-state index in [0.29, 0.717) is 0 Å². The van der Waals surface area contributed by atoms with Crippen LogP contribution in [0.2, 0.25) is 10.0 Å². The van der Waals surface area contributed by atoms with Crippen LogP contribution in [0, 0.1) is 10.1 Å². The largest absolute Gasteiger partial charge is 0.507 e. The van der Waals surface area contributed by atoms with E-state index >= 15 is 0 Å². The first kappa shape index (κ1) is 20.9. The highest BCUT2D eigenvalue weighted by molar-refractivity contribution is 6.34. The van der Waals surface area contributed by atoms with Gasteiger partial charge in [0.2, 0.25) is 0 Å². The molecule has 10 heteroatoms. The maximum atomic E-state index is 12.1. The number of phenolic OH excluding ortho intramolecular Hbond substituents is 1. The first-order chi connectivity index (χ1) is 12.9. The van der Waals surface area contributed by atoms with Gasteiger partial charge in [0.05, 0.1) is 21.2 Å². The Morgan fingerprint density at radius 2 is 1.70 bits per heavy atom. The standard InChI is InChI=1S/C13H8Cl2N2O4.C4H10N2/c14-7-1-4-12(18)9(5-7)13(19)16-11-6-8(17(20)21)2-3-10(11)15;1-2-6-4-3-5-1/h1-6,18H,(H,16,19);5-6H,1-4H2. The lowest BCUT2D eigenvalue weighted by Gasteiger charge is -2.11. The number of nitro groups is 1. The van der Waals surface area contributed by atoms with Gasteiger partial charge in [0, 0.05) is 43.3 Å². The molecule has 0 bridgehead atoms. The second-order valence-corrected chi connectivity index (χ2v) is 6.38. The van der Waals surface area contributed by atoms with Crippen LogP contribution in [-0.4, -0.2) is 42.1 Å². The number of hydrogen-bond acceptors (Lipinski definition) is 6. The summed E-state index contributed by atoms with van der Waals surface area (Å²) in [5.41, 5.74) is -0.217. The molecular formula is C17H18Cl2N4O4. The lowest BCUT2D eigenvalue weighted by molar-refractivity contribution is -0.384. The maximum Gasteiger partial charge on any atom is 0.271 e. The zero-order valence-corrected chi connectivity index (χ0v) is 15.7. The van der Waals surface area contributed by atoms with Gasteiger partial charge < -0.3 is 21.1 Å². The number of rotatable bonds is 3. The summed E-state index contributed by atoms with van der Waals surface area (Å²) in [4.78, 5) is 22.2. The Labute approximate surface area is 165 Å². The van der Waals surface area contributed by atoms with Crippen LogP contribution in [-0.2, 0) is 0 Å². The molecule has 1 saturated heterocycles. The molecule has 1 fully saturated rings. The Bertz CT molecular complexity index is 817. The van der Waals surface area contributed by atoms with Gasteiger partial charge in [-0.2, -0.15) is 0 Å². The van der Waals surface area contributed by atoms with Gasteiger partial charge in [-0.3, -0.25) is 14.9 Å². The van der Waals surface area contributed by atoms with Gasteiger partial charge in [0.25, 0.3) is 11.6 Å². The smallest absolute Gasteiger partial charge is 0.271 e. The molecule has 27 heavy (non-hydrogen) atoms. The number of non-ortho nitro benzene ring substituents is 1. The number of nitrogens with one attached hydrogen (secondary N) is 3. The van der Waals surface area contributed by atoms with Gasteiger partial charge >= 0.3 is 0 Å². The van der Waals surface area contributed by atoms with Crippen molar-refractivity contribution in [2.24, 2.45) is 0 Å². The zero-order chi connectivity index (χ0) is 19.8. The monoisotopic (exact) mass is 412 g/mol. The summed E-state index contributed by atoms with van der Waals surface area (Å²) in [5.74, 6) is -0.948. The lowest BCUT2D eigenvalue weighted by atomic mass is 10.2. The van der Waals surface area contributed by atoms with Crippen molar-refractivity contribution in [2.75, 3.05) is 31.5 Å². The summed E-state index contributed by atoms with van der Waals surface area (Å²) < 4.78 is 0. The van der Waals surface area contributed by atoms with Crippen LogP contribution in [0.4, 0.5) is 11.4 Å². The molecule has 0 aliphatic carbocycles. The van der Waals surface area contributed by atoms with Crippen LogP contribution < -0.4 is 16.0 Å². The van der Waals surface area contributed by atoms with Crippen molar-refractivity contribution in [2.45, 2.75) is 0 Å². The molecular weight excluding hydrogens is 395 g/mol. The summed E-state index contributed by atoms with van der Waals surface area (Å²) in [6, 6.07) is 7.61. The minimum absolute atomic E-state index is 0.0647. The minimum atomic E-state index is -0.683.